The second kappa shape index (κ2) is 8.62. The van der Waals surface area contributed by atoms with Gasteiger partial charge in [-0.15, -0.1) is 0 Å². The molecule has 3 aliphatic rings. The third kappa shape index (κ3) is 4.13. The van der Waals surface area contributed by atoms with Crippen molar-refractivity contribution >= 4 is 6.34 Å². The molecule has 2 bridgehead atoms. The highest BCUT2D eigenvalue weighted by molar-refractivity contribution is 5.62. The summed E-state index contributed by atoms with van der Waals surface area (Å²) < 4.78 is 8.29. The molecule has 6 rings (SSSR count). The number of benzene rings is 2. The molecule has 0 amide bonds. The van der Waals surface area contributed by atoms with Crippen molar-refractivity contribution in [1.29, 1.82) is 5.26 Å². The predicted octanol–water partition coefficient (Wildman–Crippen LogP) is 6.37. The maximum absolute atomic E-state index is 10.4. The van der Waals surface area contributed by atoms with E-state index in [2.05, 4.69) is 43.9 Å². The van der Waals surface area contributed by atoms with Crippen molar-refractivity contribution in [1.82, 2.24) is 14.7 Å². The zero-order chi connectivity index (χ0) is 25.8. The lowest BCUT2D eigenvalue weighted by Crippen LogP contribution is -2.34. The summed E-state index contributed by atoms with van der Waals surface area (Å²) in [4.78, 5) is 7.24. The quantitative estimate of drug-likeness (QED) is 0.314. The zero-order valence-corrected chi connectivity index (χ0v) is 22.0. The Hall–Kier alpha value is -3.85. The molecular formula is C31H33N5O. The summed E-state index contributed by atoms with van der Waals surface area (Å²) in [6, 6.07) is 23.0. The number of aromatic nitrogens is 2. The van der Waals surface area contributed by atoms with Gasteiger partial charge in [0.15, 0.2) is 0 Å². The number of rotatable bonds is 4. The second-order valence-electron chi connectivity index (χ2n) is 12.0. The zero-order valence-electron chi connectivity index (χ0n) is 22.0. The molecule has 188 valence electrons. The van der Waals surface area contributed by atoms with Gasteiger partial charge in [0, 0.05) is 12.6 Å². The molecule has 2 aromatic carbocycles. The first kappa shape index (κ1) is 23.5. The van der Waals surface area contributed by atoms with Crippen molar-refractivity contribution in [2.75, 3.05) is 6.54 Å². The molecule has 1 aromatic heterocycles. The lowest BCUT2D eigenvalue weighted by molar-refractivity contribution is 0.133. The molecule has 1 saturated heterocycles. The number of likely N-dealkylation sites (tertiary alicyclic amines) is 1. The van der Waals surface area contributed by atoms with E-state index < -0.39 is 0 Å². The molecule has 3 aromatic rings. The van der Waals surface area contributed by atoms with Crippen LogP contribution in [0.1, 0.15) is 62.8 Å². The summed E-state index contributed by atoms with van der Waals surface area (Å²) in [5.41, 5.74) is 4.82. The highest BCUT2D eigenvalue weighted by Gasteiger charge is 2.49. The van der Waals surface area contributed by atoms with Gasteiger partial charge in [-0.1, -0.05) is 69.3 Å². The fraction of sp³-hybridized carbons (Fsp3) is 0.387. The Kier molecular flexibility index (Phi) is 5.49. The van der Waals surface area contributed by atoms with Gasteiger partial charge in [-0.2, -0.15) is 10.4 Å². The number of nitrogens with zero attached hydrogens (tertiary/aromatic N) is 5. The smallest absolute Gasteiger partial charge is 0.237 e. The van der Waals surface area contributed by atoms with Crippen molar-refractivity contribution in [2.45, 2.75) is 58.9 Å². The number of fused-ring (bicyclic) bond motifs is 3. The monoisotopic (exact) mass is 491 g/mol. The van der Waals surface area contributed by atoms with Crippen LogP contribution in [0.3, 0.4) is 0 Å². The molecule has 6 heteroatoms. The van der Waals surface area contributed by atoms with Gasteiger partial charge < -0.3 is 9.64 Å². The van der Waals surface area contributed by atoms with Gasteiger partial charge in [0.05, 0.1) is 29.2 Å². The second-order valence-corrected chi connectivity index (χ2v) is 12.0. The van der Waals surface area contributed by atoms with Crippen LogP contribution < -0.4 is 4.74 Å². The molecule has 3 heterocycles. The Morgan fingerprint density at radius 3 is 2.46 bits per heavy atom. The summed E-state index contributed by atoms with van der Waals surface area (Å²) in [6.07, 6.45) is 5.48. The predicted molar refractivity (Wildman–Crippen MR) is 145 cm³/mol. The summed E-state index contributed by atoms with van der Waals surface area (Å²) in [5, 5.41) is 15.2. The lowest BCUT2D eigenvalue weighted by atomic mass is 9.65. The minimum absolute atomic E-state index is 0.293. The summed E-state index contributed by atoms with van der Waals surface area (Å²) in [5.74, 6) is 0.678. The number of para-hydroxylation sites is 1. The number of hydrogen-bond donors (Lipinski definition) is 0. The molecule has 1 aliphatic carbocycles. The van der Waals surface area contributed by atoms with E-state index in [9.17, 15) is 5.26 Å². The standard InChI is InChI=1S/C31H33N5O/c1-21-26-27(22-11-7-5-8-12-22)25(17-32)28(37-29(26)36(34-21)23-13-9-6-10-14-23)33-20-35-19-31(4)16-24(35)15-30(2,3)18-31/h5-14,20,24,27H,15-16,18-19H2,1-4H3. The first-order valence-electron chi connectivity index (χ1n) is 13.1. The van der Waals surface area contributed by atoms with E-state index in [1.54, 1.807) is 0 Å². The molecule has 6 nitrogen and oxygen atoms in total. The van der Waals surface area contributed by atoms with Crippen LogP contribution in [0.2, 0.25) is 0 Å². The molecule has 3 unspecified atom stereocenters. The van der Waals surface area contributed by atoms with Crippen molar-refractivity contribution < 1.29 is 4.74 Å². The molecule has 1 saturated carbocycles. The topological polar surface area (TPSA) is 66.4 Å². The lowest BCUT2D eigenvalue weighted by Gasteiger charge is -2.39. The SMILES string of the molecule is Cc1nn(-c2ccccc2)c2c1C(c1ccccc1)C(C#N)=C(N=CN1CC3(C)CC1CC(C)(C)C3)O2. The molecule has 0 N–H and O–H groups in total. The first-order chi connectivity index (χ1) is 17.8. The summed E-state index contributed by atoms with van der Waals surface area (Å²) in [7, 11) is 0. The number of nitriles is 1. The third-order valence-electron chi connectivity index (χ3n) is 8.10. The fourth-order valence-corrected chi connectivity index (χ4v) is 7.06. The van der Waals surface area contributed by atoms with E-state index in [1.807, 2.05) is 66.5 Å². The van der Waals surface area contributed by atoms with Gasteiger partial charge >= 0.3 is 0 Å². The average Bonchev–Trinajstić information content (AvgIpc) is 3.33. The fourth-order valence-electron chi connectivity index (χ4n) is 7.06. The Morgan fingerprint density at radius 1 is 1.05 bits per heavy atom. The van der Waals surface area contributed by atoms with Crippen LogP contribution >= 0.6 is 0 Å². The van der Waals surface area contributed by atoms with E-state index >= 15 is 0 Å². The van der Waals surface area contributed by atoms with Gasteiger partial charge in [0.25, 0.3) is 0 Å². The van der Waals surface area contributed by atoms with Gasteiger partial charge in [0.2, 0.25) is 11.8 Å². The highest BCUT2D eigenvalue weighted by Crippen LogP contribution is 2.52. The summed E-state index contributed by atoms with van der Waals surface area (Å²) in [6.45, 7) is 10.1. The molecule has 2 fully saturated rings. The minimum Gasteiger partial charge on any atom is -0.419 e. The van der Waals surface area contributed by atoms with Crippen LogP contribution in [-0.2, 0) is 0 Å². The molecular weight excluding hydrogens is 458 g/mol. The highest BCUT2D eigenvalue weighted by atomic mass is 16.5. The third-order valence-corrected chi connectivity index (χ3v) is 8.10. The van der Waals surface area contributed by atoms with Crippen LogP contribution in [0.15, 0.2) is 77.1 Å². The van der Waals surface area contributed by atoms with E-state index in [4.69, 9.17) is 14.8 Å². The van der Waals surface area contributed by atoms with E-state index in [0.717, 1.165) is 35.5 Å². The van der Waals surface area contributed by atoms with Crippen molar-refractivity contribution in [3.05, 3.63) is 88.9 Å². The van der Waals surface area contributed by atoms with Crippen LogP contribution in [-0.4, -0.2) is 33.6 Å². The number of ether oxygens (including phenoxy) is 1. The first-order valence-corrected chi connectivity index (χ1v) is 13.1. The Labute approximate surface area is 218 Å². The van der Waals surface area contributed by atoms with Gasteiger partial charge in [0.1, 0.15) is 11.6 Å². The maximum atomic E-state index is 10.4. The van der Waals surface area contributed by atoms with Gasteiger partial charge in [-0.25, -0.2) is 9.67 Å². The van der Waals surface area contributed by atoms with Crippen molar-refractivity contribution in [3.8, 4) is 17.6 Å². The largest absolute Gasteiger partial charge is 0.419 e. The van der Waals surface area contributed by atoms with Crippen molar-refractivity contribution in [2.24, 2.45) is 15.8 Å². The number of allylic oxidation sites excluding steroid dienone is 1. The average molecular weight is 492 g/mol. The minimum atomic E-state index is -0.297. The maximum Gasteiger partial charge on any atom is 0.237 e. The van der Waals surface area contributed by atoms with Crippen LogP contribution in [0.25, 0.3) is 5.69 Å². The molecule has 3 atom stereocenters. The van der Waals surface area contributed by atoms with E-state index in [-0.39, 0.29) is 5.92 Å². The Morgan fingerprint density at radius 2 is 1.76 bits per heavy atom. The number of hydrogen-bond acceptors (Lipinski definition) is 4. The van der Waals surface area contributed by atoms with E-state index in [0.29, 0.717) is 34.2 Å². The molecule has 0 radical (unpaired) electrons. The summed E-state index contributed by atoms with van der Waals surface area (Å²) >= 11 is 0. The Balaban J connectivity index is 1.44. The Bertz CT molecular complexity index is 1430. The number of aryl methyl sites for hydroxylation is 1. The van der Waals surface area contributed by atoms with Crippen molar-refractivity contribution in [3.63, 3.8) is 0 Å². The van der Waals surface area contributed by atoms with Gasteiger partial charge in [-0.3, -0.25) is 0 Å². The normalized spacial score (nSPS) is 26.2. The van der Waals surface area contributed by atoms with Crippen LogP contribution in [0.4, 0.5) is 0 Å². The van der Waals surface area contributed by atoms with Crippen LogP contribution in [0, 0.1) is 29.1 Å². The van der Waals surface area contributed by atoms with E-state index in [1.165, 1.54) is 12.8 Å². The van der Waals surface area contributed by atoms with Crippen LogP contribution in [0.5, 0.6) is 5.88 Å². The molecule has 2 aliphatic heterocycles. The van der Waals surface area contributed by atoms with Gasteiger partial charge in [-0.05, 0) is 54.7 Å². The molecule has 0 spiro atoms. The molecule has 37 heavy (non-hydrogen) atoms. The number of aliphatic imine (C=N–C) groups is 1.